The van der Waals surface area contributed by atoms with E-state index in [4.69, 9.17) is 4.74 Å². The molecule has 0 radical (unpaired) electrons. The number of pyridine rings is 1. The molecule has 2 nitrogen and oxygen atoms in total. The molecule has 1 aliphatic heterocycles. The number of hydrogen-bond donors (Lipinski definition) is 0. The van der Waals surface area contributed by atoms with Crippen LogP contribution in [0.15, 0.2) is 60.8 Å². The molecule has 134 valence electrons. The number of nitrogens with zero attached hydrogens (tertiary/aromatic N) is 1. The van der Waals surface area contributed by atoms with Crippen molar-refractivity contribution in [3.05, 3.63) is 83.0 Å². The molecule has 0 N–H and O–H groups in total. The van der Waals surface area contributed by atoms with Gasteiger partial charge in [-0.1, -0.05) is 36.4 Å². The van der Waals surface area contributed by atoms with Gasteiger partial charge >= 0.3 is 0 Å². The highest BCUT2D eigenvalue weighted by atomic mass is 16.5. The monoisotopic (exact) mass is 358 g/mol. The minimum absolute atomic E-state index is 0.405. The molecule has 0 unspecified atom stereocenters. The largest absolute Gasteiger partial charge is 0.484 e. The summed E-state index contributed by atoms with van der Waals surface area (Å²) in [7, 11) is 1.98. The summed E-state index contributed by atoms with van der Waals surface area (Å²) in [6.07, 6.45) is -0.512. The SMILES string of the molecule is [2H]C1([2H])c2ccccc2C([2H])([2H])C12Oc1c(ccc(C)c1-c1cccc[n+]1C)C21CC1. The highest BCUT2D eigenvalue weighted by Gasteiger charge is 2.68. The predicted molar refractivity (Wildman–Crippen MR) is 106 cm³/mol. The zero-order chi connectivity index (χ0) is 21.8. The van der Waals surface area contributed by atoms with Crippen LogP contribution in [0.1, 0.15) is 40.6 Å². The highest BCUT2D eigenvalue weighted by molar-refractivity contribution is 5.75. The van der Waals surface area contributed by atoms with Crippen molar-refractivity contribution in [2.45, 2.75) is 43.5 Å². The first-order valence-electron chi connectivity index (χ1n) is 11.6. The van der Waals surface area contributed by atoms with Crippen molar-refractivity contribution < 1.29 is 14.8 Å². The van der Waals surface area contributed by atoms with E-state index in [0.29, 0.717) is 16.9 Å². The zero-order valence-electron chi connectivity index (χ0n) is 19.5. The lowest BCUT2D eigenvalue weighted by Gasteiger charge is -2.30. The third-order valence-electron chi connectivity index (χ3n) is 6.42. The van der Waals surface area contributed by atoms with Gasteiger partial charge in [0.2, 0.25) is 5.69 Å². The minimum atomic E-state index is -1.97. The number of ether oxygens (including phenoxy) is 1. The van der Waals surface area contributed by atoms with Gasteiger partial charge in [0.05, 0.1) is 5.56 Å². The van der Waals surface area contributed by atoms with Crippen LogP contribution in [0, 0.1) is 6.92 Å². The lowest BCUT2D eigenvalue weighted by Crippen LogP contribution is -2.44. The maximum Gasteiger partial charge on any atom is 0.216 e. The van der Waals surface area contributed by atoms with Gasteiger partial charge in [-0.2, -0.15) is 0 Å². The topological polar surface area (TPSA) is 13.1 Å². The molecular formula is C25H24NO+. The quantitative estimate of drug-likeness (QED) is 0.586. The Bertz CT molecular complexity index is 1230. The van der Waals surface area contributed by atoms with Crippen LogP contribution < -0.4 is 9.30 Å². The molecule has 3 aliphatic rings. The summed E-state index contributed by atoms with van der Waals surface area (Å²) < 4.78 is 45.6. The zero-order valence-corrected chi connectivity index (χ0v) is 15.5. The van der Waals surface area contributed by atoms with Crippen LogP contribution in [0.25, 0.3) is 11.3 Å². The molecule has 0 bridgehead atoms. The number of aromatic nitrogens is 1. The van der Waals surface area contributed by atoms with Gasteiger partial charge in [-0.25, -0.2) is 4.57 Å². The first-order chi connectivity index (χ1) is 14.7. The smallest absolute Gasteiger partial charge is 0.216 e. The Hall–Kier alpha value is -2.61. The lowest BCUT2D eigenvalue weighted by atomic mass is 9.78. The van der Waals surface area contributed by atoms with E-state index < -0.39 is 23.8 Å². The molecule has 1 aromatic heterocycles. The molecular weight excluding hydrogens is 330 g/mol. The van der Waals surface area contributed by atoms with Gasteiger partial charge in [0, 0.05) is 41.3 Å². The number of hydrogen-bond acceptors (Lipinski definition) is 1. The fourth-order valence-corrected chi connectivity index (χ4v) is 4.85. The highest BCUT2D eigenvalue weighted by Crippen LogP contribution is 2.68. The molecule has 3 aromatic rings. The van der Waals surface area contributed by atoms with Gasteiger partial charge in [-0.05, 0) is 42.5 Å². The molecule has 1 saturated carbocycles. The first kappa shape index (κ1) is 12.0. The second kappa shape index (κ2) is 5.01. The van der Waals surface area contributed by atoms with Gasteiger partial charge in [-0.15, -0.1) is 0 Å². The Balaban J connectivity index is 1.67. The van der Waals surface area contributed by atoms with E-state index in [1.165, 1.54) is 0 Å². The molecule has 1 fully saturated rings. The third kappa shape index (κ3) is 1.88. The summed E-state index contributed by atoms with van der Waals surface area (Å²) in [4.78, 5) is 0. The van der Waals surface area contributed by atoms with Crippen LogP contribution in [0.3, 0.4) is 0 Å². The maximum absolute atomic E-state index is 9.21. The Labute approximate surface area is 166 Å². The van der Waals surface area contributed by atoms with Crippen molar-refractivity contribution in [3.8, 4) is 17.0 Å². The first-order valence-corrected chi connectivity index (χ1v) is 9.57. The summed E-state index contributed by atoms with van der Waals surface area (Å²) in [5.74, 6) is 0.639. The van der Waals surface area contributed by atoms with Gasteiger partial charge in [0.15, 0.2) is 6.20 Å². The van der Waals surface area contributed by atoms with E-state index in [0.717, 1.165) is 35.2 Å². The molecule has 2 aliphatic carbocycles. The summed E-state index contributed by atoms with van der Waals surface area (Å²) >= 11 is 0. The molecule has 2 spiro atoms. The van der Waals surface area contributed by atoms with Crippen LogP contribution in [-0.2, 0) is 25.2 Å². The average molecular weight is 358 g/mol. The van der Waals surface area contributed by atoms with Crippen molar-refractivity contribution in [1.82, 2.24) is 0 Å². The average Bonchev–Trinajstić information content (AvgIpc) is 3.44. The number of rotatable bonds is 1. The van der Waals surface area contributed by atoms with Gasteiger partial charge in [0.1, 0.15) is 18.4 Å². The molecule has 6 rings (SSSR count). The van der Waals surface area contributed by atoms with E-state index in [2.05, 4.69) is 6.07 Å². The Morgan fingerprint density at radius 1 is 0.963 bits per heavy atom. The second-order valence-corrected chi connectivity index (χ2v) is 7.99. The van der Waals surface area contributed by atoms with E-state index in [9.17, 15) is 5.48 Å². The Morgan fingerprint density at radius 3 is 2.33 bits per heavy atom. The van der Waals surface area contributed by atoms with Crippen LogP contribution in [0.5, 0.6) is 5.75 Å². The van der Waals surface area contributed by atoms with Crippen molar-refractivity contribution in [1.29, 1.82) is 0 Å². The van der Waals surface area contributed by atoms with E-state index in [1.807, 2.05) is 49.0 Å². The number of aryl methyl sites for hydroxylation is 2. The second-order valence-electron chi connectivity index (χ2n) is 7.99. The van der Waals surface area contributed by atoms with Crippen molar-refractivity contribution >= 4 is 0 Å². The molecule has 0 saturated heterocycles. The number of benzene rings is 2. The molecule has 2 heterocycles. The molecule has 2 aromatic carbocycles. The maximum atomic E-state index is 9.21. The fraction of sp³-hybridized carbons (Fsp3) is 0.320. The van der Waals surface area contributed by atoms with Crippen LogP contribution in [0.4, 0.5) is 0 Å². The summed E-state index contributed by atoms with van der Waals surface area (Å²) in [5, 5.41) is 0. The van der Waals surface area contributed by atoms with Crippen molar-refractivity contribution in [2.24, 2.45) is 7.05 Å². The van der Waals surface area contributed by atoms with E-state index in [-0.39, 0.29) is 0 Å². The number of fused-ring (bicyclic) bond motifs is 4. The van der Waals surface area contributed by atoms with Gasteiger partial charge in [0.25, 0.3) is 0 Å². The van der Waals surface area contributed by atoms with Crippen LogP contribution >= 0.6 is 0 Å². The predicted octanol–water partition coefficient (Wildman–Crippen LogP) is 4.45. The van der Waals surface area contributed by atoms with Gasteiger partial charge < -0.3 is 4.74 Å². The summed E-state index contributed by atoms with van der Waals surface area (Å²) in [6.45, 7) is 2.03. The Kier molecular flexibility index (Phi) is 2.22. The minimum Gasteiger partial charge on any atom is -0.484 e. The molecule has 0 atom stereocenters. The normalized spacial score (nSPS) is 25.7. The molecule has 0 amide bonds. The Morgan fingerprint density at radius 2 is 1.67 bits per heavy atom. The molecule has 27 heavy (non-hydrogen) atoms. The lowest BCUT2D eigenvalue weighted by molar-refractivity contribution is -0.660. The van der Waals surface area contributed by atoms with Gasteiger partial charge in [-0.3, -0.25) is 0 Å². The van der Waals surface area contributed by atoms with Crippen LogP contribution in [-0.4, -0.2) is 5.60 Å². The summed E-state index contributed by atoms with van der Waals surface area (Å²) in [6, 6.07) is 17.1. The standard InChI is InChI=1S/C25H24NO/c1-17-10-11-20-23(22(17)21-9-5-6-14-26(21)2)27-25(24(20)12-13-24)15-18-7-3-4-8-19(18)16-25/h3-11,14H,12-13,15-16H2,1-2H3/q+1/i15D2,16D2. The third-order valence-corrected chi connectivity index (χ3v) is 6.42. The van der Waals surface area contributed by atoms with Crippen molar-refractivity contribution in [3.63, 3.8) is 0 Å². The van der Waals surface area contributed by atoms with Crippen molar-refractivity contribution in [2.75, 3.05) is 0 Å². The van der Waals surface area contributed by atoms with Crippen LogP contribution in [0.2, 0.25) is 0 Å². The molecule has 2 heteroatoms. The summed E-state index contributed by atoms with van der Waals surface area (Å²) in [5.41, 5.74) is 2.37. The van der Waals surface area contributed by atoms with E-state index >= 15 is 0 Å². The fourth-order valence-electron chi connectivity index (χ4n) is 4.85. The van der Waals surface area contributed by atoms with E-state index in [1.54, 1.807) is 24.3 Å².